The predicted molar refractivity (Wildman–Crippen MR) is 91.2 cm³/mol. The van der Waals surface area contributed by atoms with Gasteiger partial charge in [0.15, 0.2) is 0 Å². The summed E-state index contributed by atoms with van der Waals surface area (Å²) in [4.78, 5) is 14.3. The summed E-state index contributed by atoms with van der Waals surface area (Å²) in [5, 5.41) is 3.31. The van der Waals surface area contributed by atoms with Gasteiger partial charge in [-0.1, -0.05) is 19.1 Å². The molecule has 1 N–H and O–H groups in total. The molecule has 2 heterocycles. The highest BCUT2D eigenvalue weighted by Gasteiger charge is 2.20. The molecular weight excluding hydrogens is 288 g/mol. The zero-order chi connectivity index (χ0) is 16.1. The summed E-state index contributed by atoms with van der Waals surface area (Å²) in [5.41, 5.74) is 2.10. The Morgan fingerprint density at radius 2 is 1.96 bits per heavy atom. The standard InChI is InChI=1S/C19H24N2O2/c1-15-8-10-21(11-9-15)19(22)13-16-4-6-17(7-5-16)20-14-18-3-2-12-23-18/h2-7,12,15,20H,8-11,13-14H2,1H3. The maximum absolute atomic E-state index is 12.3. The molecule has 0 bridgehead atoms. The first-order valence-electron chi connectivity index (χ1n) is 8.33. The van der Waals surface area contributed by atoms with Crippen LogP contribution in [0.1, 0.15) is 31.1 Å². The van der Waals surface area contributed by atoms with Crippen LogP contribution in [0.3, 0.4) is 0 Å². The first-order chi connectivity index (χ1) is 11.2. The fourth-order valence-electron chi connectivity index (χ4n) is 2.89. The van der Waals surface area contributed by atoms with Crippen LogP contribution in [0.4, 0.5) is 5.69 Å². The van der Waals surface area contributed by atoms with E-state index < -0.39 is 0 Å². The van der Waals surface area contributed by atoms with Crippen LogP contribution < -0.4 is 5.32 Å². The topological polar surface area (TPSA) is 45.5 Å². The minimum absolute atomic E-state index is 0.244. The van der Waals surface area contributed by atoms with E-state index in [9.17, 15) is 4.79 Å². The highest BCUT2D eigenvalue weighted by atomic mass is 16.3. The van der Waals surface area contributed by atoms with Crippen molar-refractivity contribution in [1.82, 2.24) is 4.90 Å². The Morgan fingerprint density at radius 3 is 2.61 bits per heavy atom. The van der Waals surface area contributed by atoms with Crippen molar-refractivity contribution in [2.24, 2.45) is 5.92 Å². The lowest BCUT2D eigenvalue weighted by molar-refractivity contribution is -0.131. The third-order valence-electron chi connectivity index (χ3n) is 4.49. The lowest BCUT2D eigenvalue weighted by Gasteiger charge is -2.30. The van der Waals surface area contributed by atoms with Crippen molar-refractivity contribution in [3.63, 3.8) is 0 Å². The second-order valence-electron chi connectivity index (χ2n) is 6.37. The molecule has 0 radical (unpaired) electrons. The minimum Gasteiger partial charge on any atom is -0.467 e. The van der Waals surface area contributed by atoms with Gasteiger partial charge < -0.3 is 14.6 Å². The van der Waals surface area contributed by atoms with Gasteiger partial charge in [-0.2, -0.15) is 0 Å². The molecule has 0 aliphatic carbocycles. The molecule has 1 aliphatic heterocycles. The van der Waals surface area contributed by atoms with Crippen LogP contribution >= 0.6 is 0 Å². The van der Waals surface area contributed by atoms with E-state index in [-0.39, 0.29) is 5.91 Å². The van der Waals surface area contributed by atoms with Gasteiger partial charge in [0, 0.05) is 18.8 Å². The number of anilines is 1. The summed E-state index contributed by atoms with van der Waals surface area (Å²) in [6.45, 7) is 4.74. The van der Waals surface area contributed by atoms with Crippen LogP contribution in [-0.2, 0) is 17.8 Å². The monoisotopic (exact) mass is 312 g/mol. The zero-order valence-corrected chi connectivity index (χ0v) is 13.6. The Morgan fingerprint density at radius 1 is 1.22 bits per heavy atom. The van der Waals surface area contributed by atoms with Crippen LogP contribution in [0.2, 0.25) is 0 Å². The molecule has 1 aromatic carbocycles. The number of carbonyl (C=O) groups is 1. The van der Waals surface area contributed by atoms with Crippen molar-refractivity contribution >= 4 is 11.6 Å². The van der Waals surface area contributed by atoms with E-state index in [1.807, 2.05) is 41.3 Å². The first kappa shape index (κ1) is 15.7. The van der Waals surface area contributed by atoms with Crippen molar-refractivity contribution in [3.8, 4) is 0 Å². The summed E-state index contributed by atoms with van der Waals surface area (Å²) < 4.78 is 5.29. The fourth-order valence-corrected chi connectivity index (χ4v) is 2.89. The molecule has 1 fully saturated rings. The van der Waals surface area contributed by atoms with Gasteiger partial charge in [-0.3, -0.25) is 4.79 Å². The maximum atomic E-state index is 12.3. The number of rotatable bonds is 5. The number of piperidine rings is 1. The summed E-state index contributed by atoms with van der Waals surface area (Å²) in [7, 11) is 0. The molecule has 2 aromatic rings. The molecule has 4 nitrogen and oxygen atoms in total. The Balaban J connectivity index is 1.50. The first-order valence-corrected chi connectivity index (χ1v) is 8.33. The Hall–Kier alpha value is -2.23. The molecule has 0 spiro atoms. The Labute approximate surface area is 137 Å². The van der Waals surface area contributed by atoms with Gasteiger partial charge in [-0.05, 0) is 48.6 Å². The lowest BCUT2D eigenvalue weighted by atomic mass is 9.98. The van der Waals surface area contributed by atoms with E-state index in [0.29, 0.717) is 13.0 Å². The third-order valence-corrected chi connectivity index (χ3v) is 4.49. The Kier molecular flexibility index (Phi) is 5.01. The van der Waals surface area contributed by atoms with Gasteiger partial charge in [0.2, 0.25) is 5.91 Å². The van der Waals surface area contributed by atoms with Crippen molar-refractivity contribution in [1.29, 1.82) is 0 Å². The highest BCUT2D eigenvalue weighted by Crippen LogP contribution is 2.18. The summed E-state index contributed by atoms with van der Waals surface area (Å²) in [6, 6.07) is 11.9. The third kappa shape index (κ3) is 4.38. The average Bonchev–Trinajstić information content (AvgIpc) is 3.08. The van der Waals surface area contributed by atoms with E-state index in [0.717, 1.165) is 48.9 Å². The largest absolute Gasteiger partial charge is 0.467 e. The van der Waals surface area contributed by atoms with Crippen LogP contribution in [0.15, 0.2) is 47.1 Å². The molecule has 1 saturated heterocycles. The number of benzene rings is 1. The smallest absolute Gasteiger partial charge is 0.226 e. The number of nitrogens with zero attached hydrogens (tertiary/aromatic N) is 1. The van der Waals surface area contributed by atoms with Crippen molar-refractivity contribution < 1.29 is 9.21 Å². The van der Waals surface area contributed by atoms with Gasteiger partial charge in [-0.15, -0.1) is 0 Å². The molecule has 1 aliphatic rings. The second kappa shape index (κ2) is 7.36. The molecule has 0 saturated carbocycles. The summed E-state index contributed by atoms with van der Waals surface area (Å²) in [5.74, 6) is 1.90. The molecule has 0 atom stereocenters. The van der Waals surface area contributed by atoms with Gasteiger partial charge in [0.25, 0.3) is 0 Å². The van der Waals surface area contributed by atoms with E-state index in [1.165, 1.54) is 0 Å². The van der Waals surface area contributed by atoms with E-state index in [1.54, 1.807) is 6.26 Å². The number of amides is 1. The number of hydrogen-bond acceptors (Lipinski definition) is 3. The molecule has 122 valence electrons. The van der Waals surface area contributed by atoms with E-state index in [4.69, 9.17) is 4.42 Å². The average molecular weight is 312 g/mol. The van der Waals surface area contributed by atoms with E-state index in [2.05, 4.69) is 12.2 Å². The number of likely N-dealkylation sites (tertiary alicyclic amines) is 1. The Bertz CT molecular complexity index is 611. The van der Waals surface area contributed by atoms with Gasteiger partial charge in [0.05, 0.1) is 19.2 Å². The maximum Gasteiger partial charge on any atom is 0.226 e. The number of furan rings is 1. The van der Waals surface area contributed by atoms with Crippen LogP contribution in [0, 0.1) is 5.92 Å². The zero-order valence-electron chi connectivity index (χ0n) is 13.6. The van der Waals surface area contributed by atoms with Gasteiger partial charge >= 0.3 is 0 Å². The number of carbonyl (C=O) groups excluding carboxylic acids is 1. The van der Waals surface area contributed by atoms with Crippen molar-refractivity contribution in [2.75, 3.05) is 18.4 Å². The predicted octanol–water partition coefficient (Wildman–Crippen LogP) is 3.69. The molecule has 3 rings (SSSR count). The quantitative estimate of drug-likeness (QED) is 0.916. The molecule has 0 unspecified atom stereocenters. The van der Waals surface area contributed by atoms with Crippen molar-refractivity contribution in [3.05, 3.63) is 54.0 Å². The van der Waals surface area contributed by atoms with Gasteiger partial charge in [-0.25, -0.2) is 0 Å². The van der Waals surface area contributed by atoms with Gasteiger partial charge in [0.1, 0.15) is 5.76 Å². The second-order valence-corrected chi connectivity index (χ2v) is 6.37. The SMILES string of the molecule is CC1CCN(C(=O)Cc2ccc(NCc3ccco3)cc2)CC1. The molecule has 4 heteroatoms. The fraction of sp³-hybridized carbons (Fsp3) is 0.421. The molecular formula is C19H24N2O2. The number of nitrogens with one attached hydrogen (secondary N) is 1. The molecule has 23 heavy (non-hydrogen) atoms. The van der Waals surface area contributed by atoms with Crippen LogP contribution in [-0.4, -0.2) is 23.9 Å². The van der Waals surface area contributed by atoms with Crippen LogP contribution in [0.25, 0.3) is 0 Å². The van der Waals surface area contributed by atoms with E-state index >= 15 is 0 Å². The summed E-state index contributed by atoms with van der Waals surface area (Å²) >= 11 is 0. The van der Waals surface area contributed by atoms with Crippen molar-refractivity contribution in [2.45, 2.75) is 32.7 Å². The normalized spacial score (nSPS) is 15.6. The van der Waals surface area contributed by atoms with Crippen LogP contribution in [0.5, 0.6) is 0 Å². The summed E-state index contributed by atoms with van der Waals surface area (Å²) in [6.07, 6.45) is 4.42. The lowest BCUT2D eigenvalue weighted by Crippen LogP contribution is -2.38. The molecule has 1 aromatic heterocycles. The number of hydrogen-bond donors (Lipinski definition) is 1. The minimum atomic E-state index is 0.244. The molecule has 1 amide bonds. The highest BCUT2D eigenvalue weighted by molar-refractivity contribution is 5.79.